The summed E-state index contributed by atoms with van der Waals surface area (Å²) in [5.74, 6) is -9.53. The number of rotatable bonds is 4. The lowest BCUT2D eigenvalue weighted by atomic mass is 9.95. The van der Waals surface area contributed by atoms with Crippen molar-refractivity contribution in [1.29, 1.82) is 0 Å². The van der Waals surface area contributed by atoms with E-state index in [1.165, 1.54) is 0 Å². The highest BCUT2D eigenvalue weighted by Gasteiger charge is 2.42. The molecule has 1 aliphatic heterocycles. The minimum Gasteiger partial charge on any atom is -0.429 e. The summed E-state index contributed by atoms with van der Waals surface area (Å²) >= 11 is 0. The molecule has 1 fully saturated rings. The molecule has 1 heterocycles. The van der Waals surface area contributed by atoms with Crippen molar-refractivity contribution >= 4 is 0 Å². The van der Waals surface area contributed by atoms with Crippen LogP contribution in [-0.2, 0) is 10.8 Å². The van der Waals surface area contributed by atoms with Gasteiger partial charge in [-0.2, -0.15) is 8.78 Å². The number of ether oxygens (including phenoxy) is 2. The van der Waals surface area contributed by atoms with Gasteiger partial charge in [0.15, 0.2) is 17.5 Å². The Morgan fingerprint density at radius 3 is 1.96 bits per heavy atom. The Labute approximate surface area is 155 Å². The summed E-state index contributed by atoms with van der Waals surface area (Å²) in [5, 5.41) is 0. The molecule has 3 rings (SSSR count). The number of hydrogen-bond donors (Lipinski definition) is 0. The molecule has 0 spiro atoms. The number of benzene rings is 2. The van der Waals surface area contributed by atoms with Gasteiger partial charge in [-0.3, -0.25) is 0 Å². The van der Waals surface area contributed by atoms with Gasteiger partial charge in [0, 0.05) is 18.7 Å². The van der Waals surface area contributed by atoms with E-state index in [1.807, 2.05) is 6.92 Å². The Morgan fingerprint density at radius 2 is 1.46 bits per heavy atom. The van der Waals surface area contributed by atoms with Gasteiger partial charge in [-0.05, 0) is 36.5 Å². The maximum Gasteiger partial charge on any atom is 0.432 e. The molecule has 152 valence electrons. The van der Waals surface area contributed by atoms with Gasteiger partial charge in [-0.25, -0.2) is 22.0 Å². The molecular formula is C19H15F7O2. The average molecular weight is 408 g/mol. The minimum atomic E-state index is -4.61. The molecule has 1 aliphatic rings. The highest BCUT2D eigenvalue weighted by molar-refractivity contribution is 5.32. The van der Waals surface area contributed by atoms with Crippen LogP contribution < -0.4 is 4.74 Å². The molecule has 0 aliphatic carbocycles. The van der Waals surface area contributed by atoms with Crippen LogP contribution in [0, 0.1) is 35.0 Å². The van der Waals surface area contributed by atoms with Crippen LogP contribution in [0.5, 0.6) is 5.75 Å². The van der Waals surface area contributed by atoms with Crippen LogP contribution in [0.15, 0.2) is 24.3 Å². The molecule has 0 amide bonds. The zero-order valence-corrected chi connectivity index (χ0v) is 14.5. The first-order chi connectivity index (χ1) is 13.1. The molecule has 0 N–H and O–H groups in total. The smallest absolute Gasteiger partial charge is 0.429 e. The Bertz CT molecular complexity index is 831. The summed E-state index contributed by atoms with van der Waals surface area (Å²) in [6, 6.07) is 1.71. The van der Waals surface area contributed by atoms with Crippen molar-refractivity contribution in [2.75, 3.05) is 6.61 Å². The molecule has 0 radical (unpaired) electrons. The van der Waals surface area contributed by atoms with Gasteiger partial charge >= 0.3 is 6.11 Å². The van der Waals surface area contributed by atoms with Gasteiger partial charge in [-0.15, -0.1) is 0 Å². The average Bonchev–Trinajstić information content (AvgIpc) is 2.59. The summed E-state index contributed by atoms with van der Waals surface area (Å²) < 4.78 is 106. The molecule has 28 heavy (non-hydrogen) atoms. The molecule has 0 aromatic heterocycles. The molecule has 1 saturated heterocycles. The van der Waals surface area contributed by atoms with Crippen molar-refractivity contribution < 1.29 is 40.2 Å². The lowest BCUT2D eigenvalue weighted by molar-refractivity contribution is -0.189. The normalized spacial score (nSPS) is 20.3. The van der Waals surface area contributed by atoms with E-state index >= 15 is 0 Å². The summed E-state index contributed by atoms with van der Waals surface area (Å²) in [6.07, 6.45) is -4.02. The third kappa shape index (κ3) is 4.09. The van der Waals surface area contributed by atoms with Crippen molar-refractivity contribution in [2.24, 2.45) is 5.92 Å². The van der Waals surface area contributed by atoms with Gasteiger partial charge in [0.1, 0.15) is 22.9 Å². The topological polar surface area (TPSA) is 18.5 Å². The fourth-order valence-corrected chi connectivity index (χ4v) is 2.99. The first kappa shape index (κ1) is 20.4. The molecule has 0 bridgehead atoms. The molecule has 2 aromatic carbocycles. The first-order valence-corrected chi connectivity index (χ1v) is 8.41. The van der Waals surface area contributed by atoms with Crippen molar-refractivity contribution in [3.8, 4) is 5.75 Å². The summed E-state index contributed by atoms with van der Waals surface area (Å²) in [5.41, 5.74) is -1.68. The second kappa shape index (κ2) is 7.62. The molecule has 2 nitrogen and oxygen atoms in total. The van der Waals surface area contributed by atoms with Gasteiger partial charge < -0.3 is 9.47 Å². The third-order valence-electron chi connectivity index (χ3n) is 4.43. The lowest BCUT2D eigenvalue weighted by Gasteiger charge is -2.28. The summed E-state index contributed by atoms with van der Waals surface area (Å²) in [7, 11) is 0. The van der Waals surface area contributed by atoms with E-state index in [1.54, 1.807) is 0 Å². The largest absolute Gasteiger partial charge is 0.432 e. The fraction of sp³-hybridized carbons (Fsp3) is 0.368. The Balaban J connectivity index is 1.89. The standard InChI is InChI=1S/C19H15F7O2/c1-9-2-3-16(27-8-9)10-4-12(20)17(13(21)5-10)19(25,26)28-11-6-14(22)18(24)15(23)7-11/h4-7,9,16H,2-3,8H2,1H3. The van der Waals surface area contributed by atoms with E-state index in [9.17, 15) is 30.7 Å². The van der Waals surface area contributed by atoms with Crippen LogP contribution >= 0.6 is 0 Å². The maximum absolute atomic E-state index is 14.3. The Kier molecular flexibility index (Phi) is 5.56. The monoisotopic (exact) mass is 408 g/mol. The molecule has 9 heteroatoms. The number of hydrogen-bond acceptors (Lipinski definition) is 2. The van der Waals surface area contributed by atoms with E-state index < -0.39 is 52.6 Å². The zero-order chi connectivity index (χ0) is 20.6. The van der Waals surface area contributed by atoms with Gasteiger partial charge in [0.25, 0.3) is 0 Å². The molecule has 2 atom stereocenters. The second-order valence-corrected chi connectivity index (χ2v) is 6.68. The summed E-state index contributed by atoms with van der Waals surface area (Å²) in [4.78, 5) is 0. The van der Waals surface area contributed by atoms with Crippen molar-refractivity contribution in [3.63, 3.8) is 0 Å². The van der Waals surface area contributed by atoms with Crippen LogP contribution in [0.25, 0.3) is 0 Å². The second-order valence-electron chi connectivity index (χ2n) is 6.68. The van der Waals surface area contributed by atoms with Crippen LogP contribution in [0.3, 0.4) is 0 Å². The van der Waals surface area contributed by atoms with Gasteiger partial charge in [-0.1, -0.05) is 6.92 Å². The van der Waals surface area contributed by atoms with E-state index in [2.05, 4.69) is 4.74 Å². The summed E-state index contributed by atoms with van der Waals surface area (Å²) in [6.45, 7) is 2.32. The third-order valence-corrected chi connectivity index (χ3v) is 4.43. The Morgan fingerprint density at radius 1 is 0.893 bits per heavy atom. The highest BCUT2D eigenvalue weighted by Crippen LogP contribution is 2.38. The maximum atomic E-state index is 14.3. The fourth-order valence-electron chi connectivity index (χ4n) is 2.99. The molecular weight excluding hydrogens is 393 g/mol. The van der Waals surface area contributed by atoms with Crippen molar-refractivity contribution in [2.45, 2.75) is 32.0 Å². The van der Waals surface area contributed by atoms with E-state index in [0.29, 0.717) is 25.2 Å². The molecule has 2 aromatic rings. The first-order valence-electron chi connectivity index (χ1n) is 8.41. The van der Waals surface area contributed by atoms with Crippen LogP contribution in [0.2, 0.25) is 0 Å². The predicted octanol–water partition coefficient (Wildman–Crippen LogP) is 6.00. The van der Waals surface area contributed by atoms with E-state index in [4.69, 9.17) is 4.74 Å². The van der Waals surface area contributed by atoms with Crippen molar-refractivity contribution in [1.82, 2.24) is 0 Å². The minimum absolute atomic E-state index is 0.0559. The van der Waals surface area contributed by atoms with Crippen LogP contribution in [0.4, 0.5) is 30.7 Å². The van der Waals surface area contributed by atoms with Gasteiger partial charge in [0.05, 0.1) is 6.10 Å². The lowest BCUT2D eigenvalue weighted by Crippen LogP contribution is -2.26. The molecule has 2 unspecified atom stereocenters. The van der Waals surface area contributed by atoms with Crippen molar-refractivity contribution in [3.05, 3.63) is 64.5 Å². The SMILES string of the molecule is CC1CCC(c2cc(F)c(C(F)(F)Oc3cc(F)c(F)c(F)c3)c(F)c2)OC1. The van der Waals surface area contributed by atoms with Gasteiger partial charge in [0.2, 0.25) is 0 Å². The van der Waals surface area contributed by atoms with E-state index in [0.717, 1.165) is 6.42 Å². The quantitative estimate of drug-likeness (QED) is 0.457. The van der Waals surface area contributed by atoms with E-state index in [-0.39, 0.29) is 23.6 Å². The number of alkyl halides is 2. The Hall–Kier alpha value is -2.29. The molecule has 0 saturated carbocycles. The van der Waals surface area contributed by atoms with Crippen LogP contribution in [-0.4, -0.2) is 6.61 Å². The zero-order valence-electron chi connectivity index (χ0n) is 14.5. The van der Waals surface area contributed by atoms with Crippen LogP contribution in [0.1, 0.15) is 37.0 Å². The highest BCUT2D eigenvalue weighted by atomic mass is 19.3. The predicted molar refractivity (Wildman–Crippen MR) is 84.3 cm³/mol. The number of halogens is 7.